The molecule has 2 aromatic carbocycles. The standard InChI is InChI=1S/C43H43F4N9O9/c44-29-21-55(36(59)18-24-6-8-26(9-7-24)65-43(45,46)47)17-13-33(29)64-40-28(38(48)60)19-25(20-51-40)31-22-54(23-52-31)16-2-1-14-50-34(57)12-15-49-30-5-3-4-27-37(30)42(63)56(41(27)62)32-10-11-35(58)53-39(32)61/h3-9,19-20,22-23,29,32-33,49H,1-2,10-18,21H2,(H2,48,60)(H,50,57)(H,53,58,61)/t29-,32?,33-/m1/s1. The Morgan fingerprint density at radius 3 is 2.48 bits per heavy atom. The second-order valence-electron chi connectivity index (χ2n) is 15.5. The Morgan fingerprint density at radius 2 is 1.75 bits per heavy atom. The summed E-state index contributed by atoms with van der Waals surface area (Å²) in [5.41, 5.74) is 7.47. The average molecular weight is 906 g/mol. The number of carbonyl (C=O) groups is 7. The number of primary amides is 1. The van der Waals surface area contributed by atoms with Crippen LogP contribution < -0.4 is 31.2 Å². The zero-order chi connectivity index (χ0) is 46.4. The molecule has 18 nitrogen and oxygen atoms in total. The number of likely N-dealkylation sites (tertiary alicyclic amines) is 1. The van der Waals surface area contributed by atoms with Crippen molar-refractivity contribution in [1.82, 2.24) is 35.0 Å². The molecule has 0 radical (unpaired) electrons. The molecule has 0 saturated carbocycles. The number of halogens is 4. The molecule has 3 aliphatic rings. The number of fused-ring (bicyclic) bond motifs is 1. The van der Waals surface area contributed by atoms with Crippen molar-refractivity contribution >= 4 is 47.0 Å². The normalized spacial score (nSPS) is 18.6. The molecule has 342 valence electrons. The molecule has 4 aromatic rings. The summed E-state index contributed by atoms with van der Waals surface area (Å²) >= 11 is 0. The number of hydrogen-bond donors (Lipinski definition) is 4. The summed E-state index contributed by atoms with van der Waals surface area (Å²) in [6.07, 6.45) is -1.48. The van der Waals surface area contributed by atoms with Crippen LogP contribution in [0.5, 0.6) is 11.6 Å². The highest BCUT2D eigenvalue weighted by Crippen LogP contribution is 2.33. The molecule has 0 spiro atoms. The number of imide groups is 2. The number of imidazole rings is 1. The van der Waals surface area contributed by atoms with Crippen molar-refractivity contribution in [2.24, 2.45) is 5.73 Å². The summed E-state index contributed by atoms with van der Waals surface area (Å²) in [6.45, 7) is 0.902. The van der Waals surface area contributed by atoms with Crippen LogP contribution in [0.25, 0.3) is 11.3 Å². The molecule has 1 unspecified atom stereocenters. The van der Waals surface area contributed by atoms with E-state index in [1.54, 1.807) is 24.7 Å². The van der Waals surface area contributed by atoms with E-state index in [0.29, 0.717) is 48.4 Å². The molecule has 5 heterocycles. The summed E-state index contributed by atoms with van der Waals surface area (Å²) in [7, 11) is 0. The van der Waals surface area contributed by atoms with Crippen LogP contribution in [0.1, 0.15) is 75.2 Å². The number of nitrogens with zero attached hydrogens (tertiary/aromatic N) is 5. The Kier molecular flexibility index (Phi) is 13.7. The molecule has 3 aliphatic heterocycles. The van der Waals surface area contributed by atoms with E-state index in [0.717, 1.165) is 17.0 Å². The van der Waals surface area contributed by atoms with Crippen LogP contribution in [0.4, 0.5) is 23.2 Å². The number of aryl methyl sites for hydroxylation is 1. The van der Waals surface area contributed by atoms with Crippen molar-refractivity contribution in [3.8, 4) is 22.9 Å². The van der Waals surface area contributed by atoms with Gasteiger partial charge in [0.15, 0.2) is 6.17 Å². The first-order chi connectivity index (χ1) is 31.0. The van der Waals surface area contributed by atoms with Crippen LogP contribution in [0.2, 0.25) is 0 Å². The molecular formula is C43H43F4N9O9. The second kappa shape index (κ2) is 19.6. The van der Waals surface area contributed by atoms with Gasteiger partial charge in [0.05, 0.1) is 36.1 Å². The van der Waals surface area contributed by atoms with Crippen LogP contribution >= 0.6 is 0 Å². The van der Waals surface area contributed by atoms with E-state index >= 15 is 4.39 Å². The molecule has 0 bridgehead atoms. The second-order valence-corrected chi connectivity index (χ2v) is 15.5. The topological polar surface area (TPSA) is 237 Å². The van der Waals surface area contributed by atoms with Gasteiger partial charge in [-0.15, -0.1) is 13.2 Å². The third kappa shape index (κ3) is 11.0. The monoisotopic (exact) mass is 905 g/mol. The van der Waals surface area contributed by atoms with Crippen LogP contribution in [0.3, 0.4) is 0 Å². The van der Waals surface area contributed by atoms with Gasteiger partial charge in [-0.1, -0.05) is 18.2 Å². The Balaban J connectivity index is 0.828. The first kappa shape index (κ1) is 45.6. The SMILES string of the molecule is NC(=O)c1cc(-c2cn(CCCCNC(=O)CCNc3cccc4c3C(=O)N(C3CCC(=O)NC3=O)C4=O)cn2)cnc1O[C@@H]1CCN(C(=O)Cc2ccc(OC(F)(F)F)cc2)C[C@H]1F. The molecule has 2 saturated heterocycles. The minimum absolute atomic E-state index is 0.00664. The van der Waals surface area contributed by atoms with Gasteiger partial charge in [0, 0.05) is 69.1 Å². The Labute approximate surface area is 367 Å². The lowest BCUT2D eigenvalue weighted by Crippen LogP contribution is -2.54. The minimum Gasteiger partial charge on any atom is -0.471 e. The summed E-state index contributed by atoms with van der Waals surface area (Å²) in [5, 5.41) is 8.06. The largest absolute Gasteiger partial charge is 0.573 e. The van der Waals surface area contributed by atoms with Crippen molar-refractivity contribution in [1.29, 1.82) is 0 Å². The lowest BCUT2D eigenvalue weighted by molar-refractivity contribution is -0.274. The number of amides is 7. The van der Waals surface area contributed by atoms with E-state index in [9.17, 15) is 46.7 Å². The van der Waals surface area contributed by atoms with Gasteiger partial charge < -0.3 is 35.3 Å². The molecule has 5 N–H and O–H groups in total. The number of aromatic nitrogens is 3. The molecule has 7 amide bonds. The number of rotatable bonds is 17. The molecule has 2 fully saturated rings. The first-order valence-corrected chi connectivity index (χ1v) is 20.6. The molecule has 3 atom stereocenters. The summed E-state index contributed by atoms with van der Waals surface area (Å²) < 4.78 is 64.2. The lowest BCUT2D eigenvalue weighted by Gasteiger charge is -2.34. The van der Waals surface area contributed by atoms with E-state index in [-0.39, 0.29) is 80.2 Å². The van der Waals surface area contributed by atoms with Crippen molar-refractivity contribution in [3.63, 3.8) is 0 Å². The molecule has 2 aromatic heterocycles. The number of piperidine rings is 2. The Morgan fingerprint density at radius 1 is 0.969 bits per heavy atom. The lowest BCUT2D eigenvalue weighted by atomic mass is 10.0. The number of benzene rings is 2. The van der Waals surface area contributed by atoms with Gasteiger partial charge in [0.2, 0.25) is 29.5 Å². The quantitative estimate of drug-likeness (QED) is 0.0679. The number of nitrogens with one attached hydrogen (secondary N) is 3. The van der Waals surface area contributed by atoms with Gasteiger partial charge in [-0.25, -0.2) is 14.4 Å². The minimum atomic E-state index is -4.85. The van der Waals surface area contributed by atoms with Gasteiger partial charge in [-0.2, -0.15) is 0 Å². The van der Waals surface area contributed by atoms with Crippen molar-refractivity contribution in [2.75, 3.05) is 31.5 Å². The van der Waals surface area contributed by atoms with E-state index in [1.807, 2.05) is 4.57 Å². The molecule has 7 rings (SSSR count). The number of anilines is 1. The average Bonchev–Trinajstić information content (AvgIpc) is 3.83. The highest BCUT2D eigenvalue weighted by molar-refractivity contribution is 6.25. The highest BCUT2D eigenvalue weighted by Gasteiger charge is 2.45. The maximum atomic E-state index is 15.3. The highest BCUT2D eigenvalue weighted by atomic mass is 19.4. The summed E-state index contributed by atoms with van der Waals surface area (Å²) in [4.78, 5) is 99.0. The number of ether oxygens (including phenoxy) is 2. The van der Waals surface area contributed by atoms with Gasteiger partial charge in [0.1, 0.15) is 23.5 Å². The zero-order valence-corrected chi connectivity index (χ0v) is 34.6. The number of nitrogens with two attached hydrogens (primary N) is 1. The third-order valence-electron chi connectivity index (χ3n) is 11.0. The fraction of sp³-hybridized carbons (Fsp3) is 0.372. The smallest absolute Gasteiger partial charge is 0.471 e. The van der Waals surface area contributed by atoms with Crippen LogP contribution in [-0.4, -0.2) is 117 Å². The van der Waals surface area contributed by atoms with Crippen molar-refractivity contribution in [3.05, 3.63) is 89.5 Å². The maximum Gasteiger partial charge on any atom is 0.573 e. The zero-order valence-electron chi connectivity index (χ0n) is 34.6. The van der Waals surface area contributed by atoms with E-state index in [2.05, 4.69) is 30.7 Å². The van der Waals surface area contributed by atoms with E-state index in [4.69, 9.17) is 10.5 Å². The van der Waals surface area contributed by atoms with Crippen LogP contribution in [0.15, 0.2) is 67.3 Å². The molecule has 65 heavy (non-hydrogen) atoms. The molecule has 0 aliphatic carbocycles. The third-order valence-corrected chi connectivity index (χ3v) is 11.0. The van der Waals surface area contributed by atoms with Crippen LogP contribution in [0, 0.1) is 0 Å². The van der Waals surface area contributed by atoms with Gasteiger partial charge >= 0.3 is 6.36 Å². The Hall–Kier alpha value is -7.39. The maximum absolute atomic E-state index is 15.3. The summed E-state index contributed by atoms with van der Waals surface area (Å²) in [5.74, 6) is -4.59. The predicted octanol–water partition coefficient (Wildman–Crippen LogP) is 3.30. The predicted molar refractivity (Wildman–Crippen MR) is 220 cm³/mol. The Bertz CT molecular complexity index is 2500. The molecular weight excluding hydrogens is 863 g/mol. The van der Waals surface area contributed by atoms with E-state index in [1.165, 1.54) is 35.4 Å². The van der Waals surface area contributed by atoms with Crippen molar-refractivity contribution < 1.29 is 60.6 Å². The number of carbonyl (C=O) groups excluding carboxylic acids is 7. The first-order valence-electron chi connectivity index (χ1n) is 20.6. The fourth-order valence-electron chi connectivity index (χ4n) is 7.68. The summed E-state index contributed by atoms with van der Waals surface area (Å²) in [6, 6.07) is 9.86. The van der Waals surface area contributed by atoms with Crippen LogP contribution in [-0.2, 0) is 32.1 Å². The van der Waals surface area contributed by atoms with Gasteiger partial charge in [0.25, 0.3) is 17.7 Å². The number of pyridine rings is 1. The number of unbranched alkanes of at least 4 members (excludes halogenated alkanes) is 1. The van der Waals surface area contributed by atoms with Gasteiger partial charge in [-0.05, 0) is 55.2 Å². The number of hydrogen-bond acceptors (Lipinski definition) is 12. The fourth-order valence-corrected chi connectivity index (χ4v) is 7.68. The van der Waals surface area contributed by atoms with Crippen molar-refractivity contribution in [2.45, 2.75) is 76.2 Å². The number of alkyl halides is 4. The van der Waals surface area contributed by atoms with Gasteiger partial charge in [-0.3, -0.25) is 43.8 Å². The van der Waals surface area contributed by atoms with E-state index < -0.39 is 65.9 Å². The molecule has 22 heteroatoms.